The molecule has 3 rings (SSSR count). The molecule has 0 radical (unpaired) electrons. The van der Waals surface area contributed by atoms with Gasteiger partial charge in [0.2, 0.25) is 6.79 Å². The first-order valence-electron chi connectivity index (χ1n) is 8.47. The Morgan fingerprint density at radius 3 is 2.65 bits per heavy atom. The minimum atomic E-state index is 0. The van der Waals surface area contributed by atoms with Gasteiger partial charge in [0.05, 0.1) is 6.04 Å². The number of hydrogen-bond donors (Lipinski definition) is 0. The van der Waals surface area contributed by atoms with Gasteiger partial charge in [-0.2, -0.15) is 0 Å². The van der Waals surface area contributed by atoms with Crippen molar-refractivity contribution in [2.75, 3.05) is 19.9 Å². The van der Waals surface area contributed by atoms with Gasteiger partial charge in [-0.05, 0) is 50.6 Å². The van der Waals surface area contributed by atoms with Gasteiger partial charge in [-0.3, -0.25) is 9.69 Å². The van der Waals surface area contributed by atoms with E-state index in [2.05, 4.69) is 11.8 Å². The molecule has 1 saturated heterocycles. The number of Topliss-reactive ketones (excluding diaryl/α,β-unsaturated/α-hetero) is 1. The first-order chi connectivity index (χ1) is 10.8. The maximum absolute atomic E-state index is 13.0. The molecule has 1 aromatic carbocycles. The summed E-state index contributed by atoms with van der Waals surface area (Å²) in [7, 11) is 0. The van der Waals surface area contributed by atoms with E-state index < -0.39 is 0 Å². The molecule has 128 valence electrons. The van der Waals surface area contributed by atoms with E-state index in [1.54, 1.807) is 0 Å². The van der Waals surface area contributed by atoms with Crippen molar-refractivity contribution in [2.24, 2.45) is 0 Å². The number of fused-ring (bicyclic) bond motifs is 1. The van der Waals surface area contributed by atoms with Crippen molar-refractivity contribution in [1.29, 1.82) is 0 Å². The van der Waals surface area contributed by atoms with Gasteiger partial charge < -0.3 is 9.47 Å². The lowest BCUT2D eigenvalue weighted by atomic mass is 9.97. The number of benzene rings is 1. The topological polar surface area (TPSA) is 38.8 Å². The second-order valence-electron chi connectivity index (χ2n) is 6.19. The van der Waals surface area contributed by atoms with Crippen LogP contribution in [0.4, 0.5) is 0 Å². The van der Waals surface area contributed by atoms with Crippen molar-refractivity contribution in [3.8, 4) is 11.5 Å². The Morgan fingerprint density at radius 2 is 1.91 bits per heavy atom. The van der Waals surface area contributed by atoms with Gasteiger partial charge in [0.1, 0.15) is 0 Å². The predicted octanol–water partition coefficient (Wildman–Crippen LogP) is 4.06. The van der Waals surface area contributed by atoms with E-state index in [1.165, 1.54) is 25.7 Å². The van der Waals surface area contributed by atoms with Gasteiger partial charge in [-0.1, -0.05) is 26.2 Å². The molecule has 0 bridgehead atoms. The van der Waals surface area contributed by atoms with Crippen LogP contribution in [-0.2, 0) is 0 Å². The van der Waals surface area contributed by atoms with Gasteiger partial charge in [0, 0.05) is 5.56 Å². The van der Waals surface area contributed by atoms with E-state index >= 15 is 0 Å². The zero-order chi connectivity index (χ0) is 15.4. The Labute approximate surface area is 144 Å². The highest BCUT2D eigenvalue weighted by Gasteiger charge is 2.29. The van der Waals surface area contributed by atoms with Crippen molar-refractivity contribution >= 4 is 18.2 Å². The summed E-state index contributed by atoms with van der Waals surface area (Å²) in [5.41, 5.74) is 0.748. The zero-order valence-corrected chi connectivity index (χ0v) is 14.6. The standard InChI is InChI=1S/C18H25NO3.ClH/c1-2-3-4-7-15(19-10-5-6-11-19)18(20)14-8-9-16-17(12-14)22-13-21-16;/h8-9,12,15H,2-7,10-11,13H2,1H3;1H. The van der Waals surface area contributed by atoms with Crippen LogP contribution in [0.15, 0.2) is 18.2 Å². The third-order valence-electron chi connectivity index (χ3n) is 4.62. The molecule has 0 aliphatic carbocycles. The van der Waals surface area contributed by atoms with Crippen molar-refractivity contribution in [1.82, 2.24) is 4.90 Å². The number of carbonyl (C=O) groups is 1. The molecule has 1 atom stereocenters. The Morgan fingerprint density at radius 1 is 1.17 bits per heavy atom. The summed E-state index contributed by atoms with van der Waals surface area (Å²) in [5, 5.41) is 0. The maximum atomic E-state index is 13.0. The molecule has 0 saturated carbocycles. The molecule has 23 heavy (non-hydrogen) atoms. The Balaban J connectivity index is 0.00000192. The summed E-state index contributed by atoms with van der Waals surface area (Å²) in [5.74, 6) is 1.66. The average Bonchev–Trinajstić information content (AvgIpc) is 3.21. The number of ketones is 1. The predicted molar refractivity (Wildman–Crippen MR) is 92.9 cm³/mol. The second-order valence-corrected chi connectivity index (χ2v) is 6.19. The number of carbonyl (C=O) groups excluding carboxylic acids is 1. The quantitative estimate of drug-likeness (QED) is 0.554. The molecule has 0 amide bonds. The van der Waals surface area contributed by atoms with Crippen LogP contribution < -0.4 is 9.47 Å². The Kier molecular flexibility index (Phi) is 6.72. The van der Waals surface area contributed by atoms with E-state index in [0.29, 0.717) is 5.75 Å². The zero-order valence-electron chi connectivity index (χ0n) is 13.8. The largest absolute Gasteiger partial charge is 0.454 e. The van der Waals surface area contributed by atoms with Crippen LogP contribution in [0, 0.1) is 0 Å². The summed E-state index contributed by atoms with van der Waals surface area (Å²) in [6, 6.07) is 5.59. The molecule has 0 spiro atoms. The van der Waals surface area contributed by atoms with E-state index in [4.69, 9.17) is 9.47 Å². The first kappa shape index (κ1) is 18.1. The van der Waals surface area contributed by atoms with Crippen LogP contribution in [0.1, 0.15) is 55.8 Å². The molecule has 4 nitrogen and oxygen atoms in total. The molecule has 5 heteroatoms. The van der Waals surface area contributed by atoms with E-state index in [1.807, 2.05) is 18.2 Å². The number of ether oxygens (including phenoxy) is 2. The second kappa shape index (κ2) is 8.55. The molecule has 1 aromatic rings. The number of rotatable bonds is 7. The van der Waals surface area contributed by atoms with Crippen LogP contribution >= 0.6 is 12.4 Å². The van der Waals surface area contributed by atoms with E-state index in [-0.39, 0.29) is 31.0 Å². The van der Waals surface area contributed by atoms with Crippen molar-refractivity contribution in [3.05, 3.63) is 23.8 Å². The summed E-state index contributed by atoms with van der Waals surface area (Å²) in [6.07, 6.45) is 6.87. The number of likely N-dealkylation sites (tertiary alicyclic amines) is 1. The maximum Gasteiger partial charge on any atom is 0.231 e. The van der Waals surface area contributed by atoms with Crippen LogP contribution in [0.2, 0.25) is 0 Å². The van der Waals surface area contributed by atoms with Gasteiger partial charge in [-0.25, -0.2) is 0 Å². The van der Waals surface area contributed by atoms with Gasteiger partial charge in [0.15, 0.2) is 17.3 Å². The number of nitrogens with zero attached hydrogens (tertiary/aromatic N) is 1. The molecule has 1 unspecified atom stereocenters. The molecule has 0 aromatic heterocycles. The van der Waals surface area contributed by atoms with Crippen molar-refractivity contribution in [2.45, 2.75) is 51.5 Å². The normalized spacial score (nSPS) is 17.8. The Bertz CT molecular complexity index is 529. The average molecular weight is 340 g/mol. The summed E-state index contributed by atoms with van der Waals surface area (Å²) >= 11 is 0. The molecule has 0 N–H and O–H groups in total. The highest BCUT2D eigenvalue weighted by molar-refractivity contribution is 6.00. The smallest absolute Gasteiger partial charge is 0.231 e. The Hall–Kier alpha value is -1.26. The summed E-state index contributed by atoms with van der Waals surface area (Å²) in [6.45, 7) is 4.55. The fourth-order valence-corrected chi connectivity index (χ4v) is 3.36. The summed E-state index contributed by atoms with van der Waals surface area (Å²) in [4.78, 5) is 15.4. The molecule has 2 heterocycles. The van der Waals surface area contributed by atoms with Gasteiger partial charge in [-0.15, -0.1) is 12.4 Å². The monoisotopic (exact) mass is 339 g/mol. The first-order valence-corrected chi connectivity index (χ1v) is 8.47. The van der Waals surface area contributed by atoms with Gasteiger partial charge in [0.25, 0.3) is 0 Å². The lowest BCUT2D eigenvalue weighted by Gasteiger charge is -2.26. The lowest BCUT2D eigenvalue weighted by Crippen LogP contribution is -2.39. The van der Waals surface area contributed by atoms with Crippen LogP contribution in [0.25, 0.3) is 0 Å². The highest BCUT2D eigenvalue weighted by Crippen LogP contribution is 2.33. The number of halogens is 1. The molecule has 2 aliphatic rings. The van der Waals surface area contributed by atoms with E-state index in [9.17, 15) is 4.79 Å². The molecule has 2 aliphatic heterocycles. The lowest BCUT2D eigenvalue weighted by molar-refractivity contribution is 0.0834. The fraction of sp³-hybridized carbons (Fsp3) is 0.611. The van der Waals surface area contributed by atoms with Crippen molar-refractivity contribution in [3.63, 3.8) is 0 Å². The van der Waals surface area contributed by atoms with E-state index in [0.717, 1.165) is 37.2 Å². The third kappa shape index (κ3) is 4.18. The fourth-order valence-electron chi connectivity index (χ4n) is 3.36. The number of unbranched alkanes of at least 4 members (excludes halogenated alkanes) is 2. The van der Waals surface area contributed by atoms with Crippen LogP contribution in [-0.4, -0.2) is 36.6 Å². The SMILES string of the molecule is CCCCCC(C(=O)c1ccc2c(c1)OCO2)N1CCCC1.Cl. The molecule has 1 fully saturated rings. The van der Waals surface area contributed by atoms with Crippen molar-refractivity contribution < 1.29 is 14.3 Å². The molecular formula is C18H26ClNO3. The third-order valence-corrected chi connectivity index (χ3v) is 4.62. The van der Waals surface area contributed by atoms with Crippen LogP contribution in [0.5, 0.6) is 11.5 Å². The highest BCUT2D eigenvalue weighted by atomic mass is 35.5. The minimum Gasteiger partial charge on any atom is -0.454 e. The number of hydrogen-bond acceptors (Lipinski definition) is 4. The summed E-state index contributed by atoms with van der Waals surface area (Å²) < 4.78 is 10.7. The van der Waals surface area contributed by atoms with Crippen LogP contribution in [0.3, 0.4) is 0 Å². The molecular weight excluding hydrogens is 314 g/mol. The minimum absolute atomic E-state index is 0. The van der Waals surface area contributed by atoms with Gasteiger partial charge >= 0.3 is 0 Å².